The average molecular weight is 243 g/mol. The van der Waals surface area contributed by atoms with Gasteiger partial charge in [-0.3, -0.25) is 4.79 Å². The summed E-state index contributed by atoms with van der Waals surface area (Å²) in [7, 11) is 3.87. The molecule has 0 bridgehead atoms. The summed E-state index contributed by atoms with van der Waals surface area (Å²) in [6, 6.07) is 0.191. The van der Waals surface area contributed by atoms with Crippen molar-refractivity contribution in [1.82, 2.24) is 15.1 Å². The Balaban J connectivity index is 2.34. The molecular formula is C12H25N3O2. The second-order valence-electron chi connectivity index (χ2n) is 4.81. The zero-order valence-electron chi connectivity index (χ0n) is 11.1. The monoisotopic (exact) mass is 243 g/mol. The fourth-order valence-corrected chi connectivity index (χ4v) is 2.36. The van der Waals surface area contributed by atoms with Crippen LogP contribution < -0.4 is 5.32 Å². The van der Waals surface area contributed by atoms with Crippen molar-refractivity contribution in [1.29, 1.82) is 0 Å². The summed E-state index contributed by atoms with van der Waals surface area (Å²) in [5.41, 5.74) is 0. The van der Waals surface area contributed by atoms with Crippen LogP contribution in [0.4, 0.5) is 0 Å². The molecule has 1 saturated heterocycles. The molecule has 0 aromatic heterocycles. The fraction of sp³-hybridized carbons (Fsp3) is 0.917. The molecule has 100 valence electrons. The number of nitrogens with zero attached hydrogens (tertiary/aromatic N) is 2. The Hall–Kier alpha value is -0.650. The van der Waals surface area contributed by atoms with Gasteiger partial charge in [0.05, 0.1) is 0 Å². The van der Waals surface area contributed by atoms with E-state index in [-0.39, 0.29) is 0 Å². The zero-order valence-corrected chi connectivity index (χ0v) is 11.1. The van der Waals surface area contributed by atoms with Gasteiger partial charge in [-0.05, 0) is 26.9 Å². The quantitative estimate of drug-likeness (QED) is 0.692. The molecule has 17 heavy (non-hydrogen) atoms. The molecule has 1 fully saturated rings. The Morgan fingerprint density at radius 2 is 2.24 bits per heavy atom. The van der Waals surface area contributed by atoms with E-state index in [1.807, 2.05) is 0 Å². The van der Waals surface area contributed by atoms with Crippen molar-refractivity contribution < 1.29 is 9.90 Å². The van der Waals surface area contributed by atoms with E-state index < -0.39 is 12.0 Å². The number of hydrogen-bond donors (Lipinski definition) is 2. The predicted octanol–water partition coefficient (Wildman–Crippen LogP) is 0.0751. The second kappa shape index (κ2) is 6.93. The van der Waals surface area contributed by atoms with E-state index in [2.05, 4.69) is 29.1 Å². The van der Waals surface area contributed by atoms with Crippen molar-refractivity contribution in [3.05, 3.63) is 0 Å². The molecule has 1 aliphatic heterocycles. The first-order chi connectivity index (χ1) is 8.08. The van der Waals surface area contributed by atoms with Gasteiger partial charge in [0.2, 0.25) is 0 Å². The van der Waals surface area contributed by atoms with Gasteiger partial charge in [-0.1, -0.05) is 6.92 Å². The number of carbonyl (C=O) groups is 1. The highest BCUT2D eigenvalue weighted by molar-refractivity contribution is 5.73. The molecule has 5 heteroatoms. The van der Waals surface area contributed by atoms with Crippen LogP contribution in [0.15, 0.2) is 0 Å². The SMILES string of the molecule is CCC1CN(CCC(NC)C(=O)O)CCN1C. The maximum absolute atomic E-state index is 10.9. The Kier molecular flexibility index (Phi) is 5.88. The maximum atomic E-state index is 10.9. The third-order valence-electron chi connectivity index (χ3n) is 3.71. The number of carboxylic acid groups (broad SMARTS) is 1. The largest absolute Gasteiger partial charge is 0.480 e. The van der Waals surface area contributed by atoms with Crippen molar-refractivity contribution >= 4 is 5.97 Å². The lowest BCUT2D eigenvalue weighted by Gasteiger charge is -2.39. The first-order valence-corrected chi connectivity index (χ1v) is 6.41. The van der Waals surface area contributed by atoms with Gasteiger partial charge in [-0.15, -0.1) is 0 Å². The van der Waals surface area contributed by atoms with Gasteiger partial charge in [0, 0.05) is 32.2 Å². The topological polar surface area (TPSA) is 55.8 Å². The molecule has 1 rings (SSSR count). The number of likely N-dealkylation sites (N-methyl/N-ethyl adjacent to an activating group) is 2. The smallest absolute Gasteiger partial charge is 0.320 e. The summed E-state index contributed by atoms with van der Waals surface area (Å²) in [6.45, 7) is 6.25. The van der Waals surface area contributed by atoms with E-state index >= 15 is 0 Å². The highest BCUT2D eigenvalue weighted by atomic mass is 16.4. The van der Waals surface area contributed by atoms with Gasteiger partial charge < -0.3 is 20.2 Å². The number of nitrogens with one attached hydrogen (secondary N) is 1. The minimum Gasteiger partial charge on any atom is -0.480 e. The molecule has 2 atom stereocenters. The lowest BCUT2D eigenvalue weighted by molar-refractivity contribution is -0.139. The molecule has 0 spiro atoms. The molecular weight excluding hydrogens is 218 g/mol. The number of carboxylic acids is 1. The third-order valence-corrected chi connectivity index (χ3v) is 3.71. The molecule has 2 unspecified atom stereocenters. The molecule has 1 aliphatic rings. The molecule has 0 aromatic carbocycles. The summed E-state index contributed by atoms with van der Waals surface area (Å²) >= 11 is 0. The summed E-state index contributed by atoms with van der Waals surface area (Å²) in [6.07, 6.45) is 1.83. The van der Waals surface area contributed by atoms with Crippen LogP contribution in [0, 0.1) is 0 Å². The Morgan fingerprint density at radius 1 is 1.53 bits per heavy atom. The minimum absolute atomic E-state index is 0.422. The fourth-order valence-electron chi connectivity index (χ4n) is 2.36. The van der Waals surface area contributed by atoms with Crippen LogP contribution in [-0.4, -0.2) is 73.2 Å². The van der Waals surface area contributed by atoms with Crippen molar-refractivity contribution in [3.8, 4) is 0 Å². The molecule has 0 radical (unpaired) electrons. The van der Waals surface area contributed by atoms with Crippen LogP contribution in [0.5, 0.6) is 0 Å². The first-order valence-electron chi connectivity index (χ1n) is 6.41. The second-order valence-corrected chi connectivity index (χ2v) is 4.81. The number of piperazine rings is 1. The predicted molar refractivity (Wildman–Crippen MR) is 68.2 cm³/mol. The van der Waals surface area contributed by atoms with Gasteiger partial charge in [0.15, 0.2) is 0 Å². The standard InChI is InChI=1S/C12H25N3O2/c1-4-10-9-15(8-7-14(10)3)6-5-11(13-2)12(16)17/h10-11,13H,4-9H2,1-3H3,(H,16,17). The first kappa shape index (κ1) is 14.4. The van der Waals surface area contributed by atoms with Crippen LogP contribution >= 0.6 is 0 Å². The molecule has 5 nitrogen and oxygen atoms in total. The van der Waals surface area contributed by atoms with E-state index in [0.29, 0.717) is 12.5 Å². The van der Waals surface area contributed by atoms with Crippen molar-refractivity contribution in [3.63, 3.8) is 0 Å². The van der Waals surface area contributed by atoms with E-state index in [1.54, 1.807) is 7.05 Å². The zero-order chi connectivity index (χ0) is 12.8. The van der Waals surface area contributed by atoms with Crippen LogP contribution in [-0.2, 0) is 4.79 Å². The summed E-state index contributed by atoms with van der Waals surface area (Å²) in [4.78, 5) is 15.7. The van der Waals surface area contributed by atoms with Crippen molar-refractivity contribution in [2.24, 2.45) is 0 Å². The van der Waals surface area contributed by atoms with Crippen LogP contribution in [0.25, 0.3) is 0 Å². The van der Waals surface area contributed by atoms with Gasteiger partial charge in [0.1, 0.15) is 6.04 Å². The average Bonchev–Trinajstić information content (AvgIpc) is 2.31. The summed E-state index contributed by atoms with van der Waals surface area (Å²) in [5, 5.41) is 11.8. The Morgan fingerprint density at radius 3 is 2.76 bits per heavy atom. The van der Waals surface area contributed by atoms with Crippen molar-refractivity contribution in [2.45, 2.75) is 31.8 Å². The number of aliphatic carboxylic acids is 1. The molecule has 0 aliphatic carbocycles. The molecule has 2 N–H and O–H groups in total. The highest BCUT2D eigenvalue weighted by Crippen LogP contribution is 2.11. The number of hydrogen-bond acceptors (Lipinski definition) is 4. The van der Waals surface area contributed by atoms with E-state index in [1.165, 1.54) is 0 Å². The summed E-state index contributed by atoms with van der Waals surface area (Å²) in [5.74, 6) is -0.756. The van der Waals surface area contributed by atoms with Crippen molar-refractivity contribution in [2.75, 3.05) is 40.3 Å². The van der Waals surface area contributed by atoms with E-state index in [9.17, 15) is 4.79 Å². The number of rotatable bonds is 6. The lowest BCUT2D eigenvalue weighted by atomic mass is 10.1. The van der Waals surface area contributed by atoms with Crippen LogP contribution in [0.2, 0.25) is 0 Å². The Bertz CT molecular complexity index is 248. The minimum atomic E-state index is -0.756. The molecule has 0 amide bonds. The normalized spacial score (nSPS) is 24.8. The van der Waals surface area contributed by atoms with Crippen LogP contribution in [0.3, 0.4) is 0 Å². The third kappa shape index (κ3) is 4.26. The summed E-state index contributed by atoms with van der Waals surface area (Å²) < 4.78 is 0. The molecule has 0 saturated carbocycles. The Labute approximate surface area is 104 Å². The molecule has 0 aromatic rings. The van der Waals surface area contributed by atoms with Crippen LogP contribution in [0.1, 0.15) is 19.8 Å². The van der Waals surface area contributed by atoms with Gasteiger partial charge in [-0.25, -0.2) is 0 Å². The highest BCUT2D eigenvalue weighted by Gasteiger charge is 2.24. The lowest BCUT2D eigenvalue weighted by Crippen LogP contribution is -2.52. The van der Waals surface area contributed by atoms with Gasteiger partial charge in [-0.2, -0.15) is 0 Å². The molecule has 1 heterocycles. The maximum Gasteiger partial charge on any atom is 0.320 e. The van der Waals surface area contributed by atoms with E-state index in [4.69, 9.17) is 5.11 Å². The van der Waals surface area contributed by atoms with E-state index in [0.717, 1.165) is 32.6 Å². The van der Waals surface area contributed by atoms with Gasteiger partial charge in [0.25, 0.3) is 0 Å². The van der Waals surface area contributed by atoms with Gasteiger partial charge >= 0.3 is 5.97 Å².